The molecule has 6 N–H and O–H groups in total. The number of hydrogen-bond donors (Lipinski definition) is 6. The predicted octanol–water partition coefficient (Wildman–Crippen LogP) is -2.72. The van der Waals surface area contributed by atoms with Gasteiger partial charge < -0.3 is 44.8 Å². The zero-order chi connectivity index (χ0) is 17.6. The second kappa shape index (κ2) is 6.85. The van der Waals surface area contributed by atoms with Crippen LogP contribution in [0.2, 0.25) is 0 Å². The maximum atomic E-state index is 10.1. The third kappa shape index (κ3) is 2.85. The Morgan fingerprint density at radius 1 is 0.917 bits per heavy atom. The Kier molecular flexibility index (Phi) is 5.14. The molecule has 2 fully saturated rings. The van der Waals surface area contributed by atoms with Gasteiger partial charge in [-0.3, -0.25) is 0 Å². The lowest BCUT2D eigenvalue weighted by Gasteiger charge is -2.42. The van der Waals surface area contributed by atoms with E-state index in [-0.39, 0.29) is 17.8 Å². The molecule has 138 valence electrons. The van der Waals surface area contributed by atoms with Crippen LogP contribution >= 0.6 is 0 Å². The van der Waals surface area contributed by atoms with Gasteiger partial charge in [-0.05, 0) is 12.0 Å². The van der Waals surface area contributed by atoms with Gasteiger partial charge in [0.15, 0.2) is 6.29 Å². The van der Waals surface area contributed by atoms with Crippen LogP contribution in [0, 0.1) is 17.8 Å². The number of hydrogen-bond acceptors (Lipinski definition) is 9. The molecule has 0 aromatic rings. The van der Waals surface area contributed by atoms with Crippen molar-refractivity contribution in [2.75, 3.05) is 6.61 Å². The van der Waals surface area contributed by atoms with Gasteiger partial charge in [-0.15, -0.1) is 0 Å². The van der Waals surface area contributed by atoms with Crippen LogP contribution in [0.4, 0.5) is 0 Å². The number of aliphatic hydroxyl groups is 6. The number of ether oxygens (including phenoxy) is 3. The SMILES string of the molecule is C[C@H]1C2C(C=CO[C@H]2O[C@@H]2O[C@H](CO)[C@@H](O)[C@H](O)[C@H]2O)[C@H](O)[C@@H]1O. The van der Waals surface area contributed by atoms with Crippen molar-refractivity contribution in [3.8, 4) is 0 Å². The summed E-state index contributed by atoms with van der Waals surface area (Å²) in [5, 5.41) is 59.0. The molecule has 0 bridgehead atoms. The van der Waals surface area contributed by atoms with E-state index in [0.29, 0.717) is 0 Å². The minimum Gasteiger partial charge on any atom is -0.472 e. The Bertz CT molecular complexity index is 470. The molecule has 2 aliphatic heterocycles. The summed E-state index contributed by atoms with van der Waals surface area (Å²) in [5.41, 5.74) is 0. The van der Waals surface area contributed by atoms with Crippen molar-refractivity contribution < 1.29 is 44.8 Å². The third-order valence-corrected chi connectivity index (χ3v) is 5.28. The summed E-state index contributed by atoms with van der Waals surface area (Å²) < 4.78 is 16.4. The first-order valence-electron chi connectivity index (χ1n) is 8.01. The fraction of sp³-hybridized carbons (Fsp3) is 0.867. The van der Waals surface area contributed by atoms with Gasteiger partial charge in [0.1, 0.15) is 24.4 Å². The molecule has 0 aromatic heterocycles. The van der Waals surface area contributed by atoms with Crippen LogP contribution < -0.4 is 0 Å². The molecule has 3 rings (SSSR count). The number of aliphatic hydroxyl groups excluding tert-OH is 6. The van der Waals surface area contributed by atoms with Crippen LogP contribution in [-0.2, 0) is 14.2 Å². The first-order valence-corrected chi connectivity index (χ1v) is 8.01. The highest BCUT2D eigenvalue weighted by Crippen LogP contribution is 2.44. The molecular weight excluding hydrogens is 324 g/mol. The summed E-state index contributed by atoms with van der Waals surface area (Å²) >= 11 is 0. The standard InChI is InChI=1S/C15H24O9/c1-5-8-6(10(18)9(5)17)2-3-22-14(8)24-15-13(21)12(20)11(19)7(4-16)23-15/h2-3,5-21H,4H2,1H3/t5-,6?,7+,8?,9+,10-,11+,12-,13+,14-,15-/m0/s1. The molecule has 0 spiro atoms. The zero-order valence-corrected chi connectivity index (χ0v) is 13.1. The monoisotopic (exact) mass is 348 g/mol. The molecule has 9 heteroatoms. The normalized spacial score (nSPS) is 54.4. The fourth-order valence-electron chi connectivity index (χ4n) is 3.76. The Balaban J connectivity index is 1.74. The first kappa shape index (κ1) is 18.0. The van der Waals surface area contributed by atoms with Gasteiger partial charge in [-0.1, -0.05) is 6.92 Å². The molecule has 1 aliphatic carbocycles. The number of rotatable bonds is 3. The van der Waals surface area contributed by atoms with E-state index in [0.717, 1.165) is 0 Å². The van der Waals surface area contributed by atoms with E-state index in [1.807, 2.05) is 0 Å². The number of fused-ring (bicyclic) bond motifs is 1. The summed E-state index contributed by atoms with van der Waals surface area (Å²) in [4.78, 5) is 0. The van der Waals surface area contributed by atoms with Crippen LogP contribution in [0.1, 0.15) is 6.92 Å². The Morgan fingerprint density at radius 3 is 2.29 bits per heavy atom. The van der Waals surface area contributed by atoms with Crippen LogP contribution in [0.15, 0.2) is 12.3 Å². The maximum absolute atomic E-state index is 10.1. The highest BCUT2D eigenvalue weighted by Gasteiger charge is 2.54. The van der Waals surface area contributed by atoms with Gasteiger partial charge in [0, 0.05) is 11.8 Å². The van der Waals surface area contributed by atoms with Crippen molar-refractivity contribution in [3.05, 3.63) is 12.3 Å². The summed E-state index contributed by atoms with van der Waals surface area (Å²) in [5.74, 6) is -1.09. The summed E-state index contributed by atoms with van der Waals surface area (Å²) in [7, 11) is 0. The predicted molar refractivity (Wildman–Crippen MR) is 77.0 cm³/mol. The van der Waals surface area contributed by atoms with Crippen LogP contribution in [0.25, 0.3) is 0 Å². The average Bonchev–Trinajstić information content (AvgIpc) is 2.80. The molecule has 11 atom stereocenters. The lowest BCUT2D eigenvalue weighted by Crippen LogP contribution is -2.60. The van der Waals surface area contributed by atoms with Gasteiger partial charge in [0.05, 0.1) is 25.1 Å². The van der Waals surface area contributed by atoms with Gasteiger partial charge in [-0.2, -0.15) is 0 Å². The Hall–Kier alpha value is -0.780. The quantitative estimate of drug-likeness (QED) is 0.320. The summed E-state index contributed by atoms with van der Waals surface area (Å²) in [6, 6.07) is 0. The second-order valence-electron chi connectivity index (χ2n) is 6.66. The minimum atomic E-state index is -1.55. The molecule has 0 aromatic carbocycles. The summed E-state index contributed by atoms with van der Waals surface area (Å²) in [6.07, 6.45) is -6.80. The summed E-state index contributed by atoms with van der Waals surface area (Å²) in [6.45, 7) is 1.20. The highest BCUT2D eigenvalue weighted by molar-refractivity contribution is 5.07. The lowest BCUT2D eigenvalue weighted by molar-refractivity contribution is -0.342. The second-order valence-corrected chi connectivity index (χ2v) is 6.66. The van der Waals surface area contributed by atoms with Crippen LogP contribution in [0.3, 0.4) is 0 Å². The zero-order valence-electron chi connectivity index (χ0n) is 13.1. The van der Waals surface area contributed by atoms with E-state index in [2.05, 4.69) is 0 Å². The molecule has 0 amide bonds. The van der Waals surface area contributed by atoms with Crippen LogP contribution in [-0.4, -0.2) is 86.4 Å². The van der Waals surface area contributed by atoms with E-state index in [1.54, 1.807) is 13.0 Å². The third-order valence-electron chi connectivity index (χ3n) is 5.28. The van der Waals surface area contributed by atoms with E-state index in [4.69, 9.17) is 14.2 Å². The van der Waals surface area contributed by atoms with Gasteiger partial charge in [0.2, 0.25) is 6.29 Å². The van der Waals surface area contributed by atoms with Crippen molar-refractivity contribution in [3.63, 3.8) is 0 Å². The molecule has 3 aliphatic rings. The van der Waals surface area contributed by atoms with Crippen molar-refractivity contribution in [2.45, 2.75) is 56.1 Å². The average molecular weight is 348 g/mol. The van der Waals surface area contributed by atoms with Crippen molar-refractivity contribution >= 4 is 0 Å². The van der Waals surface area contributed by atoms with E-state index < -0.39 is 55.8 Å². The molecule has 9 nitrogen and oxygen atoms in total. The molecule has 1 saturated carbocycles. The molecule has 24 heavy (non-hydrogen) atoms. The van der Waals surface area contributed by atoms with Crippen molar-refractivity contribution in [1.29, 1.82) is 0 Å². The minimum absolute atomic E-state index is 0.329. The maximum Gasteiger partial charge on any atom is 0.205 e. The Morgan fingerprint density at radius 2 is 1.62 bits per heavy atom. The fourth-order valence-corrected chi connectivity index (χ4v) is 3.76. The van der Waals surface area contributed by atoms with Crippen molar-refractivity contribution in [1.82, 2.24) is 0 Å². The highest BCUT2D eigenvalue weighted by atomic mass is 16.8. The smallest absolute Gasteiger partial charge is 0.205 e. The molecular formula is C15H24O9. The largest absolute Gasteiger partial charge is 0.472 e. The molecule has 2 unspecified atom stereocenters. The Labute approximate surface area is 138 Å². The van der Waals surface area contributed by atoms with Gasteiger partial charge in [0.25, 0.3) is 0 Å². The van der Waals surface area contributed by atoms with Crippen molar-refractivity contribution in [2.24, 2.45) is 17.8 Å². The molecule has 1 saturated heterocycles. The van der Waals surface area contributed by atoms with E-state index >= 15 is 0 Å². The van der Waals surface area contributed by atoms with Gasteiger partial charge >= 0.3 is 0 Å². The lowest BCUT2D eigenvalue weighted by atomic mass is 9.88. The molecule has 2 heterocycles. The van der Waals surface area contributed by atoms with Crippen LogP contribution in [0.5, 0.6) is 0 Å². The van der Waals surface area contributed by atoms with E-state index in [9.17, 15) is 30.6 Å². The van der Waals surface area contributed by atoms with Gasteiger partial charge in [-0.25, -0.2) is 0 Å². The van der Waals surface area contributed by atoms with E-state index in [1.165, 1.54) is 6.26 Å². The molecule has 0 radical (unpaired) electrons. The first-order chi connectivity index (χ1) is 11.4. The topological polar surface area (TPSA) is 149 Å².